The Bertz CT molecular complexity index is 244. The maximum Gasteiger partial charge on any atom is 0.0974 e. The van der Waals surface area contributed by atoms with Crippen LogP contribution in [0.1, 0.15) is 13.3 Å². The van der Waals surface area contributed by atoms with Crippen LogP contribution >= 0.6 is 23.6 Å². The highest BCUT2D eigenvalue weighted by Crippen LogP contribution is 2.16. The smallest absolute Gasteiger partial charge is 0.0974 e. The minimum absolute atomic E-state index is 0.201. The summed E-state index contributed by atoms with van der Waals surface area (Å²) in [6, 6.07) is 0. The van der Waals surface area contributed by atoms with Crippen LogP contribution < -0.4 is 5.32 Å². The van der Waals surface area contributed by atoms with E-state index < -0.39 is 0 Å². The fourth-order valence-electron chi connectivity index (χ4n) is 2.28. The van der Waals surface area contributed by atoms with Gasteiger partial charge in [-0.25, -0.2) is 10.0 Å². The molecule has 0 aromatic rings. The van der Waals surface area contributed by atoms with Gasteiger partial charge in [0.1, 0.15) is 0 Å². The summed E-state index contributed by atoms with van der Waals surface area (Å²) in [6.07, 6.45) is 1.27. The quantitative estimate of drug-likeness (QED) is 0.768. The Kier molecular flexibility index (Phi) is 5.91. The molecule has 0 aliphatic carbocycles. The Morgan fingerprint density at radius 3 is 2.56 bits per heavy atom. The van der Waals surface area contributed by atoms with E-state index in [9.17, 15) is 0 Å². The lowest BCUT2D eigenvalue weighted by molar-refractivity contribution is -0.153. The van der Waals surface area contributed by atoms with E-state index in [1.807, 2.05) is 0 Å². The van der Waals surface area contributed by atoms with Crippen LogP contribution in [0, 0.1) is 0 Å². The summed E-state index contributed by atoms with van der Waals surface area (Å²) in [5, 5.41) is 7.89. The molecule has 2 saturated heterocycles. The maximum absolute atomic E-state index is 6.08. The summed E-state index contributed by atoms with van der Waals surface area (Å²) in [4.78, 5) is 0. The molecule has 0 bridgehead atoms. The number of morpholine rings is 1. The highest BCUT2D eigenvalue weighted by Gasteiger charge is 2.30. The standard InChI is InChI=1S/C10H21Cl2N5O/c1-2-4-17(10-6-18-5-3-13-10)16-8-14(11)7-15(12)9-16/h10,13H,2-9H2,1H3. The molecule has 0 amide bonds. The lowest BCUT2D eigenvalue weighted by Crippen LogP contribution is -2.63. The van der Waals surface area contributed by atoms with Crippen molar-refractivity contribution in [2.24, 2.45) is 0 Å². The third-order valence-electron chi connectivity index (χ3n) is 3.02. The van der Waals surface area contributed by atoms with Gasteiger partial charge in [-0.2, -0.15) is 8.84 Å². The first-order valence-electron chi connectivity index (χ1n) is 6.34. The monoisotopic (exact) mass is 297 g/mol. The number of nitrogens with zero attached hydrogens (tertiary/aromatic N) is 4. The van der Waals surface area contributed by atoms with E-state index in [-0.39, 0.29) is 6.17 Å². The molecule has 2 fully saturated rings. The van der Waals surface area contributed by atoms with Gasteiger partial charge in [-0.15, -0.1) is 0 Å². The van der Waals surface area contributed by atoms with Gasteiger partial charge in [0, 0.05) is 13.1 Å². The molecule has 0 radical (unpaired) electrons. The summed E-state index contributed by atoms with van der Waals surface area (Å²) in [5.41, 5.74) is 0. The molecule has 1 atom stereocenters. The van der Waals surface area contributed by atoms with Gasteiger partial charge in [0.25, 0.3) is 0 Å². The fourth-order valence-corrected chi connectivity index (χ4v) is 2.84. The molecule has 0 saturated carbocycles. The number of hydrogen-bond acceptors (Lipinski definition) is 6. The minimum atomic E-state index is 0.201. The largest absolute Gasteiger partial charge is 0.377 e. The van der Waals surface area contributed by atoms with Gasteiger partial charge in [0.15, 0.2) is 0 Å². The maximum atomic E-state index is 6.08. The van der Waals surface area contributed by atoms with Crippen molar-refractivity contribution in [1.82, 2.24) is 24.2 Å². The van der Waals surface area contributed by atoms with Gasteiger partial charge in [-0.05, 0) is 30.0 Å². The summed E-state index contributed by atoms with van der Waals surface area (Å²) in [7, 11) is 0. The van der Waals surface area contributed by atoms with Crippen LogP contribution in [0.15, 0.2) is 0 Å². The number of rotatable bonds is 4. The van der Waals surface area contributed by atoms with Gasteiger partial charge >= 0.3 is 0 Å². The van der Waals surface area contributed by atoms with Crippen LogP contribution in [0.5, 0.6) is 0 Å². The van der Waals surface area contributed by atoms with Crippen molar-refractivity contribution in [2.75, 3.05) is 46.3 Å². The Morgan fingerprint density at radius 2 is 2.00 bits per heavy atom. The molecule has 0 spiro atoms. The van der Waals surface area contributed by atoms with E-state index in [1.165, 1.54) is 0 Å². The van der Waals surface area contributed by atoms with Crippen molar-refractivity contribution < 1.29 is 4.74 Å². The zero-order valence-corrected chi connectivity index (χ0v) is 12.2. The van der Waals surface area contributed by atoms with E-state index in [0.717, 1.165) is 26.1 Å². The SMILES string of the molecule is CCCN(C1COCCN1)N1CN(Cl)CN(Cl)C1. The molecule has 2 heterocycles. The van der Waals surface area contributed by atoms with Crippen LogP contribution in [0.4, 0.5) is 0 Å². The Labute approximate surface area is 119 Å². The Balaban J connectivity index is 1.98. The second-order valence-corrected chi connectivity index (χ2v) is 5.52. The topological polar surface area (TPSA) is 34.2 Å². The van der Waals surface area contributed by atoms with E-state index in [1.54, 1.807) is 8.84 Å². The predicted molar refractivity (Wildman–Crippen MR) is 71.4 cm³/mol. The molecule has 18 heavy (non-hydrogen) atoms. The molecule has 1 N–H and O–H groups in total. The zero-order chi connectivity index (χ0) is 13.0. The molecule has 8 heteroatoms. The first-order chi connectivity index (χ1) is 8.70. The second-order valence-electron chi connectivity index (χ2n) is 4.56. The van der Waals surface area contributed by atoms with Crippen molar-refractivity contribution >= 4 is 23.6 Å². The lowest BCUT2D eigenvalue weighted by Gasteiger charge is -2.46. The van der Waals surface area contributed by atoms with E-state index in [4.69, 9.17) is 28.3 Å². The first-order valence-corrected chi connectivity index (χ1v) is 7.02. The van der Waals surface area contributed by atoms with Gasteiger partial charge < -0.3 is 4.74 Å². The molecule has 6 nitrogen and oxygen atoms in total. The molecule has 2 rings (SSSR count). The number of hydrogen-bond donors (Lipinski definition) is 1. The third-order valence-corrected chi connectivity index (χ3v) is 3.45. The Hall–Kier alpha value is 0.340. The van der Waals surface area contributed by atoms with Gasteiger partial charge in [0.05, 0.1) is 39.4 Å². The third kappa shape index (κ3) is 3.91. The van der Waals surface area contributed by atoms with Gasteiger partial charge in [-0.3, -0.25) is 5.32 Å². The van der Waals surface area contributed by atoms with Gasteiger partial charge in [0.2, 0.25) is 0 Å². The summed E-state index contributed by atoms with van der Waals surface area (Å²) < 4.78 is 8.87. The molecular formula is C10H21Cl2N5O. The van der Waals surface area contributed by atoms with Crippen molar-refractivity contribution in [2.45, 2.75) is 19.5 Å². The molecule has 0 aromatic heterocycles. The van der Waals surface area contributed by atoms with E-state index >= 15 is 0 Å². The van der Waals surface area contributed by atoms with E-state index in [0.29, 0.717) is 26.6 Å². The average Bonchev–Trinajstić information content (AvgIpc) is 2.36. The lowest BCUT2D eigenvalue weighted by atomic mass is 10.3. The first kappa shape index (κ1) is 14.7. The highest BCUT2D eigenvalue weighted by atomic mass is 35.5. The molecule has 0 aromatic carbocycles. The van der Waals surface area contributed by atoms with Crippen LogP contribution in [0.2, 0.25) is 0 Å². The molecule has 2 aliphatic heterocycles. The number of halogens is 2. The number of ether oxygens (including phenoxy) is 1. The summed E-state index contributed by atoms with van der Waals surface area (Å²) in [6.45, 7) is 7.38. The number of nitrogens with one attached hydrogen (secondary N) is 1. The molecule has 1 unspecified atom stereocenters. The van der Waals surface area contributed by atoms with Crippen molar-refractivity contribution in [3.63, 3.8) is 0 Å². The highest BCUT2D eigenvalue weighted by molar-refractivity contribution is 6.15. The van der Waals surface area contributed by atoms with Crippen molar-refractivity contribution in [3.05, 3.63) is 0 Å². The minimum Gasteiger partial charge on any atom is -0.377 e. The van der Waals surface area contributed by atoms with Gasteiger partial charge in [-0.1, -0.05) is 6.92 Å². The van der Waals surface area contributed by atoms with Crippen LogP contribution in [-0.2, 0) is 4.74 Å². The summed E-state index contributed by atoms with van der Waals surface area (Å²) in [5.74, 6) is 0. The molecule has 2 aliphatic rings. The average molecular weight is 298 g/mol. The van der Waals surface area contributed by atoms with Crippen LogP contribution in [-0.4, -0.2) is 71.3 Å². The Morgan fingerprint density at radius 1 is 1.28 bits per heavy atom. The normalized spacial score (nSPS) is 29.0. The zero-order valence-electron chi connectivity index (χ0n) is 10.7. The number of hydrazine groups is 1. The fraction of sp³-hybridized carbons (Fsp3) is 1.00. The van der Waals surface area contributed by atoms with E-state index in [2.05, 4.69) is 22.3 Å². The predicted octanol–water partition coefficient (Wildman–Crippen LogP) is 0.659. The van der Waals surface area contributed by atoms with Crippen molar-refractivity contribution in [3.8, 4) is 0 Å². The van der Waals surface area contributed by atoms with Crippen LogP contribution in [0.25, 0.3) is 0 Å². The molecular weight excluding hydrogens is 277 g/mol. The summed E-state index contributed by atoms with van der Waals surface area (Å²) >= 11 is 12.2. The molecule has 106 valence electrons. The second kappa shape index (κ2) is 7.21. The van der Waals surface area contributed by atoms with Crippen LogP contribution in [0.3, 0.4) is 0 Å². The van der Waals surface area contributed by atoms with Crippen molar-refractivity contribution in [1.29, 1.82) is 0 Å².